The van der Waals surface area contributed by atoms with Crippen LogP contribution in [0.5, 0.6) is 23.0 Å². The first kappa shape index (κ1) is 18.9. The average molecular weight is 407 g/mol. The fraction of sp³-hybridized carbons (Fsp3) is 0.333. The van der Waals surface area contributed by atoms with Gasteiger partial charge in [-0.2, -0.15) is 0 Å². The lowest BCUT2D eigenvalue weighted by atomic mass is 9.88. The molecule has 2 heterocycles. The summed E-state index contributed by atoms with van der Waals surface area (Å²) in [5.41, 5.74) is 4.30. The van der Waals surface area contributed by atoms with E-state index in [-0.39, 0.29) is 13.0 Å². The molecule has 0 bridgehead atoms. The summed E-state index contributed by atoms with van der Waals surface area (Å²) in [5.74, 6) is 2.96. The van der Waals surface area contributed by atoms with Crippen LogP contribution in [-0.2, 0) is 4.74 Å². The number of rotatable bonds is 5. The van der Waals surface area contributed by atoms with Gasteiger partial charge in [0.2, 0.25) is 6.79 Å². The second-order valence-corrected chi connectivity index (χ2v) is 7.48. The summed E-state index contributed by atoms with van der Waals surface area (Å²) in [4.78, 5) is 2.18. The normalized spacial score (nSPS) is 16.4. The van der Waals surface area contributed by atoms with Crippen LogP contribution < -0.4 is 23.8 Å². The Kier molecular flexibility index (Phi) is 4.59. The van der Waals surface area contributed by atoms with Crippen molar-refractivity contribution in [3.05, 3.63) is 42.0 Å². The summed E-state index contributed by atoms with van der Waals surface area (Å²) in [6.45, 7) is 3.00. The maximum absolute atomic E-state index is 6.35. The minimum absolute atomic E-state index is 0.256. The third-order valence-electron chi connectivity index (χ3n) is 5.79. The second kappa shape index (κ2) is 7.29. The van der Waals surface area contributed by atoms with Crippen LogP contribution >= 0.6 is 0 Å². The van der Waals surface area contributed by atoms with Crippen LogP contribution in [-0.4, -0.2) is 34.7 Å². The summed E-state index contributed by atoms with van der Waals surface area (Å²) in [6, 6.07) is 12.4. The molecule has 0 spiro atoms. The minimum atomic E-state index is -0.298. The second-order valence-electron chi connectivity index (χ2n) is 7.48. The number of hydrogen-bond acceptors (Lipinski definition) is 6. The average Bonchev–Trinajstić information content (AvgIpc) is 3.23. The molecule has 2 aliphatic heterocycles. The predicted octanol–water partition coefficient (Wildman–Crippen LogP) is 5.13. The third kappa shape index (κ3) is 2.67. The Morgan fingerprint density at radius 2 is 1.77 bits per heavy atom. The van der Waals surface area contributed by atoms with Crippen molar-refractivity contribution in [2.45, 2.75) is 19.6 Å². The van der Waals surface area contributed by atoms with Crippen molar-refractivity contribution < 1.29 is 23.7 Å². The number of ether oxygens (including phenoxy) is 5. The Labute approximate surface area is 175 Å². The van der Waals surface area contributed by atoms with E-state index in [9.17, 15) is 0 Å². The zero-order valence-electron chi connectivity index (χ0n) is 17.7. The van der Waals surface area contributed by atoms with E-state index in [1.54, 1.807) is 14.2 Å². The van der Waals surface area contributed by atoms with E-state index in [0.29, 0.717) is 18.1 Å². The van der Waals surface area contributed by atoms with Gasteiger partial charge in [0.15, 0.2) is 29.2 Å². The fourth-order valence-corrected chi connectivity index (χ4v) is 4.46. The number of fused-ring (bicyclic) bond motifs is 6. The molecule has 0 aliphatic carbocycles. The molecule has 0 fully saturated rings. The molecule has 0 amide bonds. The lowest BCUT2D eigenvalue weighted by molar-refractivity contribution is 0.0515. The molecular weight excluding hydrogens is 382 g/mol. The smallest absolute Gasteiger partial charge is 0.231 e. The quantitative estimate of drug-likeness (QED) is 0.585. The highest BCUT2D eigenvalue weighted by molar-refractivity contribution is 6.05. The standard InChI is InChI=1S/C24H25NO5/c1-5-10-28-24-21-15(8-9-18(26-3)23(21)27-4)16-7-6-14-11-19-20(30-13-29-19)12-17(14)22(16)25(24)2/h6-9,11-12,24H,5,10,13H2,1-4H3. The molecule has 3 aromatic rings. The number of methoxy groups -OCH3 is 2. The Balaban J connectivity index is 1.80. The minimum Gasteiger partial charge on any atom is -0.493 e. The van der Waals surface area contributed by atoms with Gasteiger partial charge in [-0.1, -0.05) is 19.1 Å². The molecule has 0 saturated carbocycles. The molecule has 5 rings (SSSR count). The van der Waals surface area contributed by atoms with Gasteiger partial charge >= 0.3 is 0 Å². The van der Waals surface area contributed by atoms with E-state index in [1.165, 1.54) is 0 Å². The summed E-state index contributed by atoms with van der Waals surface area (Å²) in [6.07, 6.45) is 0.626. The molecule has 3 aromatic carbocycles. The number of benzene rings is 3. The SMILES string of the molecule is CCCOC1c2c(ccc(OC)c2OC)-c2ccc3cc4c(cc3c2N1C)OCO4. The molecule has 1 atom stereocenters. The van der Waals surface area contributed by atoms with Crippen molar-refractivity contribution in [2.24, 2.45) is 0 Å². The van der Waals surface area contributed by atoms with Crippen LogP contribution in [0.3, 0.4) is 0 Å². The van der Waals surface area contributed by atoms with Gasteiger partial charge in [-0.3, -0.25) is 0 Å². The highest BCUT2D eigenvalue weighted by Gasteiger charge is 2.35. The summed E-state index contributed by atoms with van der Waals surface area (Å²) in [5, 5.41) is 2.20. The molecule has 6 heteroatoms. The van der Waals surface area contributed by atoms with Crippen molar-refractivity contribution in [1.82, 2.24) is 0 Å². The van der Waals surface area contributed by atoms with Crippen LogP contribution in [0.2, 0.25) is 0 Å². The van der Waals surface area contributed by atoms with Crippen molar-refractivity contribution in [2.75, 3.05) is 39.6 Å². The molecule has 30 heavy (non-hydrogen) atoms. The molecule has 0 radical (unpaired) electrons. The van der Waals surface area contributed by atoms with Gasteiger partial charge in [0.1, 0.15) is 0 Å². The van der Waals surface area contributed by atoms with Crippen LogP contribution in [0.15, 0.2) is 36.4 Å². The summed E-state index contributed by atoms with van der Waals surface area (Å²) in [7, 11) is 5.39. The third-order valence-corrected chi connectivity index (χ3v) is 5.79. The van der Waals surface area contributed by atoms with Gasteiger partial charge in [-0.15, -0.1) is 0 Å². The van der Waals surface area contributed by atoms with E-state index in [0.717, 1.165) is 51.1 Å². The molecule has 2 aliphatic rings. The van der Waals surface area contributed by atoms with E-state index in [1.807, 2.05) is 12.1 Å². The number of hydrogen-bond donors (Lipinski definition) is 0. The van der Waals surface area contributed by atoms with Gasteiger partial charge in [0.25, 0.3) is 0 Å². The van der Waals surface area contributed by atoms with Gasteiger partial charge in [-0.25, -0.2) is 0 Å². The largest absolute Gasteiger partial charge is 0.493 e. The Morgan fingerprint density at radius 1 is 1.00 bits per heavy atom. The maximum Gasteiger partial charge on any atom is 0.231 e. The summed E-state index contributed by atoms with van der Waals surface area (Å²) < 4.78 is 28.9. The van der Waals surface area contributed by atoms with Crippen molar-refractivity contribution in [3.8, 4) is 34.1 Å². The molecular formula is C24H25NO5. The molecule has 0 saturated heterocycles. The molecule has 0 aromatic heterocycles. The molecule has 6 nitrogen and oxygen atoms in total. The van der Waals surface area contributed by atoms with Gasteiger partial charge in [0.05, 0.1) is 25.5 Å². The zero-order chi connectivity index (χ0) is 20.8. The highest BCUT2D eigenvalue weighted by atomic mass is 16.7. The first-order valence-electron chi connectivity index (χ1n) is 10.1. The van der Waals surface area contributed by atoms with Crippen LogP contribution in [0.4, 0.5) is 5.69 Å². The first-order chi connectivity index (χ1) is 14.7. The van der Waals surface area contributed by atoms with E-state index in [2.05, 4.69) is 43.1 Å². The van der Waals surface area contributed by atoms with E-state index in [4.69, 9.17) is 23.7 Å². The van der Waals surface area contributed by atoms with Crippen molar-refractivity contribution in [1.29, 1.82) is 0 Å². The lowest BCUT2D eigenvalue weighted by Crippen LogP contribution is -2.31. The Morgan fingerprint density at radius 3 is 2.50 bits per heavy atom. The highest BCUT2D eigenvalue weighted by Crippen LogP contribution is 2.53. The predicted molar refractivity (Wildman–Crippen MR) is 116 cm³/mol. The molecule has 0 N–H and O–H groups in total. The first-order valence-corrected chi connectivity index (χ1v) is 10.1. The Bertz CT molecular complexity index is 1130. The number of nitrogens with zero attached hydrogens (tertiary/aromatic N) is 1. The van der Waals surface area contributed by atoms with Gasteiger partial charge in [-0.05, 0) is 41.6 Å². The summed E-state index contributed by atoms with van der Waals surface area (Å²) >= 11 is 0. The van der Waals surface area contributed by atoms with Crippen molar-refractivity contribution in [3.63, 3.8) is 0 Å². The number of anilines is 1. The Hall–Kier alpha value is -3.12. The monoisotopic (exact) mass is 407 g/mol. The molecule has 156 valence electrons. The van der Waals surface area contributed by atoms with Crippen LogP contribution in [0.25, 0.3) is 21.9 Å². The zero-order valence-corrected chi connectivity index (χ0v) is 17.7. The topological polar surface area (TPSA) is 49.4 Å². The van der Waals surface area contributed by atoms with Gasteiger partial charge < -0.3 is 28.6 Å². The van der Waals surface area contributed by atoms with E-state index >= 15 is 0 Å². The van der Waals surface area contributed by atoms with Gasteiger partial charge in [0, 0.05) is 24.6 Å². The van der Waals surface area contributed by atoms with E-state index < -0.39 is 0 Å². The van der Waals surface area contributed by atoms with Crippen molar-refractivity contribution >= 4 is 16.5 Å². The fourth-order valence-electron chi connectivity index (χ4n) is 4.46. The maximum atomic E-state index is 6.35. The van der Waals surface area contributed by atoms with Crippen LogP contribution in [0, 0.1) is 0 Å². The molecule has 1 unspecified atom stereocenters. The lowest BCUT2D eigenvalue weighted by Gasteiger charge is -2.39. The van der Waals surface area contributed by atoms with Crippen LogP contribution in [0.1, 0.15) is 25.1 Å².